The molecule has 152 valence electrons. The highest BCUT2D eigenvalue weighted by molar-refractivity contribution is 8.01. The second kappa shape index (κ2) is 7.14. The normalized spacial score (nSPS) is 21.8. The van der Waals surface area contributed by atoms with Gasteiger partial charge in [-0.2, -0.15) is 13.2 Å². The van der Waals surface area contributed by atoms with Crippen LogP contribution in [0.25, 0.3) is 0 Å². The molecule has 0 bridgehead atoms. The van der Waals surface area contributed by atoms with Crippen molar-refractivity contribution in [3.05, 3.63) is 64.4 Å². The standard InChI is InChI=1S/C19H13ClF4N2OS2/c20-11-5-6-15-13(7-11)19(12-3-1-2-4-14(12)21)26(16(27)9-29-19)8-17(28)25(15)10-18(22,23)24/h1-7H,8-10H2. The second-order valence-electron chi connectivity index (χ2n) is 6.65. The van der Waals surface area contributed by atoms with E-state index in [0.717, 1.165) is 16.7 Å². The Kier molecular flexibility index (Phi) is 5.03. The largest absolute Gasteiger partial charge is 0.406 e. The molecule has 4 rings (SSSR count). The second-order valence-corrected chi connectivity index (χ2v) is 8.72. The molecule has 2 aliphatic rings. The van der Waals surface area contributed by atoms with Crippen LogP contribution in [0.4, 0.5) is 23.2 Å². The topological polar surface area (TPSA) is 23.6 Å². The van der Waals surface area contributed by atoms with Gasteiger partial charge in [-0.15, -0.1) is 11.8 Å². The third-order valence-electron chi connectivity index (χ3n) is 4.87. The minimum Gasteiger partial charge on any atom is -0.325 e. The molecular weight excluding hydrogens is 448 g/mol. The summed E-state index contributed by atoms with van der Waals surface area (Å²) in [6, 6.07) is 10.3. The number of hydrogen-bond acceptors (Lipinski definition) is 3. The van der Waals surface area contributed by atoms with Crippen molar-refractivity contribution < 1.29 is 22.4 Å². The molecule has 10 heteroatoms. The SMILES string of the molecule is O=C1CSC2(c3ccccc3F)c3cc(Cl)ccc3N(CC(F)(F)F)C(=S)CN12. The van der Waals surface area contributed by atoms with Crippen LogP contribution >= 0.6 is 35.6 Å². The van der Waals surface area contributed by atoms with Crippen molar-refractivity contribution in [3.8, 4) is 0 Å². The van der Waals surface area contributed by atoms with E-state index < -0.39 is 23.4 Å². The summed E-state index contributed by atoms with van der Waals surface area (Å²) >= 11 is 12.6. The summed E-state index contributed by atoms with van der Waals surface area (Å²) in [5.41, 5.74) is 0.635. The molecule has 0 aromatic heterocycles. The van der Waals surface area contributed by atoms with E-state index in [9.17, 15) is 22.4 Å². The Hall–Kier alpha value is -1.84. The number of carbonyl (C=O) groups is 1. The number of alkyl halides is 3. The maximum absolute atomic E-state index is 14.9. The van der Waals surface area contributed by atoms with E-state index in [4.69, 9.17) is 23.8 Å². The molecule has 2 aromatic rings. The first-order chi connectivity index (χ1) is 13.6. The molecule has 1 atom stereocenters. The number of thiocarbonyl (C=S) groups is 1. The predicted octanol–water partition coefficient (Wildman–Crippen LogP) is 4.97. The Balaban J connectivity index is 2.04. The van der Waals surface area contributed by atoms with Crippen LogP contribution in [0.3, 0.4) is 0 Å². The lowest BCUT2D eigenvalue weighted by Gasteiger charge is -2.37. The van der Waals surface area contributed by atoms with Crippen LogP contribution in [0.2, 0.25) is 5.02 Å². The van der Waals surface area contributed by atoms with Gasteiger partial charge in [-0.25, -0.2) is 4.39 Å². The summed E-state index contributed by atoms with van der Waals surface area (Å²) in [7, 11) is 0. The lowest BCUT2D eigenvalue weighted by molar-refractivity contribution is -0.128. The number of carbonyl (C=O) groups excluding carboxylic acids is 1. The number of amides is 1. The summed E-state index contributed by atoms with van der Waals surface area (Å²) < 4.78 is 54.8. The Labute approximate surface area is 178 Å². The first-order valence-electron chi connectivity index (χ1n) is 8.50. The molecule has 3 nitrogen and oxygen atoms in total. The van der Waals surface area contributed by atoms with Gasteiger partial charge in [0.2, 0.25) is 5.91 Å². The summed E-state index contributed by atoms with van der Waals surface area (Å²) in [6.45, 7) is -1.56. The molecule has 2 aromatic carbocycles. The Morgan fingerprint density at radius 1 is 1.17 bits per heavy atom. The van der Waals surface area contributed by atoms with Crippen LogP contribution in [0, 0.1) is 5.82 Å². The molecule has 29 heavy (non-hydrogen) atoms. The Bertz CT molecular complexity index is 1020. The minimum atomic E-state index is -4.53. The number of thioether (sulfide) groups is 1. The van der Waals surface area contributed by atoms with Crippen molar-refractivity contribution in [2.24, 2.45) is 0 Å². The van der Waals surface area contributed by atoms with E-state index in [1.165, 1.54) is 41.3 Å². The molecule has 2 heterocycles. The maximum atomic E-state index is 14.9. The third kappa shape index (κ3) is 3.39. The third-order valence-corrected chi connectivity index (χ3v) is 6.92. The summed E-state index contributed by atoms with van der Waals surface area (Å²) in [5, 5.41) is 0.263. The van der Waals surface area contributed by atoms with E-state index in [2.05, 4.69) is 0 Å². The molecule has 0 aliphatic carbocycles. The van der Waals surface area contributed by atoms with Gasteiger partial charge in [0.15, 0.2) is 0 Å². The van der Waals surface area contributed by atoms with Gasteiger partial charge in [-0.3, -0.25) is 4.79 Å². The summed E-state index contributed by atoms with van der Waals surface area (Å²) in [4.78, 5) is 13.6. The highest BCUT2D eigenvalue weighted by Gasteiger charge is 2.54. The molecule has 1 saturated heterocycles. The van der Waals surface area contributed by atoms with Crippen molar-refractivity contribution in [2.45, 2.75) is 11.0 Å². The average Bonchev–Trinajstić information content (AvgIpc) is 2.92. The van der Waals surface area contributed by atoms with Gasteiger partial charge in [0.05, 0.1) is 12.3 Å². The number of nitrogens with zero attached hydrogens (tertiary/aromatic N) is 2. The van der Waals surface area contributed by atoms with Crippen molar-refractivity contribution in [3.63, 3.8) is 0 Å². The van der Waals surface area contributed by atoms with Crippen LogP contribution in [-0.2, 0) is 9.67 Å². The van der Waals surface area contributed by atoms with Gasteiger partial charge in [0, 0.05) is 21.8 Å². The molecular formula is C19H13ClF4N2OS2. The zero-order valence-electron chi connectivity index (χ0n) is 14.7. The fraction of sp³-hybridized carbons (Fsp3) is 0.263. The molecule has 0 radical (unpaired) electrons. The van der Waals surface area contributed by atoms with E-state index in [-0.39, 0.29) is 39.5 Å². The van der Waals surface area contributed by atoms with Crippen LogP contribution < -0.4 is 4.90 Å². The highest BCUT2D eigenvalue weighted by Crippen LogP contribution is 2.55. The maximum Gasteiger partial charge on any atom is 0.406 e. The van der Waals surface area contributed by atoms with Gasteiger partial charge >= 0.3 is 6.18 Å². The van der Waals surface area contributed by atoms with Crippen molar-refractivity contribution in [2.75, 3.05) is 23.7 Å². The van der Waals surface area contributed by atoms with Crippen molar-refractivity contribution in [1.82, 2.24) is 4.90 Å². The van der Waals surface area contributed by atoms with Gasteiger partial charge < -0.3 is 9.80 Å². The van der Waals surface area contributed by atoms with Crippen molar-refractivity contribution in [1.29, 1.82) is 0 Å². The molecule has 1 unspecified atom stereocenters. The van der Waals surface area contributed by atoms with E-state index in [1.54, 1.807) is 6.07 Å². The van der Waals surface area contributed by atoms with Crippen LogP contribution in [-0.4, -0.2) is 40.8 Å². The highest BCUT2D eigenvalue weighted by atomic mass is 35.5. The van der Waals surface area contributed by atoms with Crippen molar-refractivity contribution >= 4 is 52.2 Å². The fourth-order valence-corrected chi connectivity index (χ4v) is 5.66. The molecule has 1 fully saturated rings. The zero-order chi connectivity index (χ0) is 21.0. The number of benzene rings is 2. The number of rotatable bonds is 2. The average molecular weight is 461 g/mol. The first kappa shape index (κ1) is 20.4. The van der Waals surface area contributed by atoms with Gasteiger partial charge in [-0.1, -0.05) is 42.0 Å². The molecule has 0 spiro atoms. The van der Waals surface area contributed by atoms with Crippen LogP contribution in [0.1, 0.15) is 11.1 Å². The molecule has 2 aliphatic heterocycles. The Morgan fingerprint density at radius 3 is 2.59 bits per heavy atom. The molecule has 0 N–H and O–H groups in total. The minimum absolute atomic E-state index is 0.0438. The number of hydrogen-bond donors (Lipinski definition) is 0. The van der Waals surface area contributed by atoms with Crippen LogP contribution in [0.5, 0.6) is 0 Å². The number of fused-ring (bicyclic) bond motifs is 3. The lowest BCUT2D eigenvalue weighted by Crippen LogP contribution is -2.46. The predicted molar refractivity (Wildman–Crippen MR) is 109 cm³/mol. The lowest BCUT2D eigenvalue weighted by atomic mass is 9.94. The summed E-state index contributed by atoms with van der Waals surface area (Å²) in [5.74, 6) is -0.858. The van der Waals surface area contributed by atoms with Gasteiger partial charge in [-0.05, 0) is 24.3 Å². The smallest absolute Gasteiger partial charge is 0.325 e. The quantitative estimate of drug-likeness (QED) is 0.466. The monoisotopic (exact) mass is 460 g/mol. The van der Waals surface area contributed by atoms with Gasteiger partial charge in [0.1, 0.15) is 22.2 Å². The van der Waals surface area contributed by atoms with E-state index >= 15 is 0 Å². The summed E-state index contributed by atoms with van der Waals surface area (Å²) in [6.07, 6.45) is -4.53. The van der Waals surface area contributed by atoms with E-state index in [1.807, 2.05) is 0 Å². The Morgan fingerprint density at radius 2 is 1.90 bits per heavy atom. The van der Waals surface area contributed by atoms with Crippen LogP contribution in [0.15, 0.2) is 42.5 Å². The molecule has 0 saturated carbocycles. The zero-order valence-corrected chi connectivity index (χ0v) is 17.1. The first-order valence-corrected chi connectivity index (χ1v) is 10.3. The molecule has 1 amide bonds. The number of anilines is 1. The fourth-order valence-electron chi connectivity index (χ4n) is 3.75. The van der Waals surface area contributed by atoms with Gasteiger partial charge in [0.25, 0.3) is 0 Å². The van der Waals surface area contributed by atoms with E-state index in [0.29, 0.717) is 5.56 Å². The number of halogens is 5.